The summed E-state index contributed by atoms with van der Waals surface area (Å²) in [6.07, 6.45) is 4.76. The quantitative estimate of drug-likeness (QED) is 0.358. The Hall–Kier alpha value is -2.09. The molecule has 0 saturated heterocycles. The summed E-state index contributed by atoms with van der Waals surface area (Å²) in [5.74, 6) is 0.746. The molecule has 0 radical (unpaired) electrons. The summed E-state index contributed by atoms with van der Waals surface area (Å²) in [6, 6.07) is 13.8. The summed E-state index contributed by atoms with van der Waals surface area (Å²) in [5.41, 5.74) is 2.25. The molecule has 0 amide bonds. The van der Waals surface area contributed by atoms with Crippen LogP contribution in [0.1, 0.15) is 63.0 Å². The summed E-state index contributed by atoms with van der Waals surface area (Å²) in [7, 11) is 2.10. The van der Waals surface area contributed by atoms with Gasteiger partial charge in [0.15, 0.2) is 9.84 Å². The number of sulfone groups is 1. The number of hydrogen-bond acceptors (Lipinski definition) is 6. The Labute approximate surface area is 206 Å². The highest BCUT2D eigenvalue weighted by atomic mass is 32.2. The fourth-order valence-corrected chi connectivity index (χ4v) is 6.70. The van der Waals surface area contributed by atoms with E-state index in [1.807, 2.05) is 37.2 Å². The van der Waals surface area contributed by atoms with Gasteiger partial charge in [0.1, 0.15) is 5.75 Å². The molecule has 0 fully saturated rings. The summed E-state index contributed by atoms with van der Waals surface area (Å²) in [5, 5.41) is 7.32. The molecule has 0 spiro atoms. The average molecular weight is 488 g/mol. The minimum Gasteiger partial charge on any atom is -0.497 e. The van der Waals surface area contributed by atoms with Gasteiger partial charge in [-0.2, -0.15) is 0 Å². The van der Waals surface area contributed by atoms with E-state index in [0.29, 0.717) is 11.3 Å². The van der Waals surface area contributed by atoms with Gasteiger partial charge >= 0.3 is 0 Å². The number of ether oxygens (including phenoxy) is 1. The second kappa shape index (κ2) is 11.6. The molecule has 0 saturated carbocycles. The van der Waals surface area contributed by atoms with Crippen LogP contribution >= 0.6 is 0 Å². The largest absolute Gasteiger partial charge is 0.497 e. The lowest BCUT2D eigenvalue weighted by molar-refractivity contribution is 0.255. The number of nitrogens with zero attached hydrogens (tertiary/aromatic N) is 1. The summed E-state index contributed by atoms with van der Waals surface area (Å²) in [6.45, 7) is 5.86. The van der Waals surface area contributed by atoms with Crippen LogP contribution in [0.4, 0.5) is 5.69 Å². The molecule has 6 nitrogen and oxygen atoms in total. The standard InChI is InChI=1S/C27H41N3O3S/c1-6-8-16-28-27(29-17-9-7-2)19-25(21-10-13-23(33-5)14-11-21)24-18-22(30(3)4)12-15-26(24)34(31,32)20-27/h10-15,18,25,28-29H,6-9,16-17,19-20H2,1-5H3. The van der Waals surface area contributed by atoms with Gasteiger partial charge in [-0.25, -0.2) is 8.42 Å². The first kappa shape index (κ1) is 26.5. The Morgan fingerprint density at radius 2 is 1.62 bits per heavy atom. The predicted molar refractivity (Wildman–Crippen MR) is 141 cm³/mol. The Morgan fingerprint density at radius 3 is 2.15 bits per heavy atom. The Bertz CT molecular complexity index is 1030. The van der Waals surface area contributed by atoms with Crippen molar-refractivity contribution in [2.45, 2.75) is 62.4 Å². The first-order valence-electron chi connectivity index (χ1n) is 12.4. The minimum absolute atomic E-state index is 0.0361. The van der Waals surface area contributed by atoms with Crippen molar-refractivity contribution in [1.29, 1.82) is 0 Å². The first-order valence-corrected chi connectivity index (χ1v) is 14.1. The number of fused-ring (bicyclic) bond motifs is 1. The molecule has 1 heterocycles. The fourth-order valence-electron chi connectivity index (χ4n) is 4.74. The van der Waals surface area contributed by atoms with E-state index in [0.717, 1.165) is 61.3 Å². The lowest BCUT2D eigenvalue weighted by atomic mass is 9.83. The molecule has 2 aromatic carbocycles. The highest BCUT2D eigenvalue weighted by Crippen LogP contribution is 2.42. The topological polar surface area (TPSA) is 70.7 Å². The third-order valence-electron chi connectivity index (χ3n) is 6.71. The lowest BCUT2D eigenvalue weighted by Gasteiger charge is -2.37. The van der Waals surface area contributed by atoms with Crippen molar-refractivity contribution < 1.29 is 13.2 Å². The number of nitrogens with one attached hydrogen (secondary N) is 2. The normalized spacial score (nSPS) is 18.7. The van der Waals surface area contributed by atoms with Crippen LogP contribution in [0, 0.1) is 0 Å². The van der Waals surface area contributed by atoms with Crippen LogP contribution in [0.2, 0.25) is 0 Å². The van der Waals surface area contributed by atoms with Gasteiger partial charge in [-0.15, -0.1) is 0 Å². The van der Waals surface area contributed by atoms with Gasteiger partial charge in [-0.05, 0) is 73.8 Å². The molecule has 1 atom stereocenters. The molecular weight excluding hydrogens is 446 g/mol. The van der Waals surface area contributed by atoms with Gasteiger partial charge < -0.3 is 9.64 Å². The van der Waals surface area contributed by atoms with Crippen molar-refractivity contribution in [3.63, 3.8) is 0 Å². The number of benzene rings is 2. The first-order chi connectivity index (χ1) is 16.2. The van der Waals surface area contributed by atoms with E-state index in [1.165, 1.54) is 0 Å². The van der Waals surface area contributed by atoms with E-state index >= 15 is 0 Å². The van der Waals surface area contributed by atoms with E-state index in [-0.39, 0.29) is 11.7 Å². The Morgan fingerprint density at radius 1 is 1.00 bits per heavy atom. The maximum absolute atomic E-state index is 13.8. The SMILES string of the molecule is CCCCNC1(NCCCC)CC(c2ccc(OC)cc2)c2cc(N(C)C)ccc2S(=O)(=O)C1. The van der Waals surface area contributed by atoms with Crippen LogP contribution < -0.4 is 20.3 Å². The van der Waals surface area contributed by atoms with Crippen molar-refractivity contribution in [3.05, 3.63) is 53.6 Å². The molecule has 1 aliphatic rings. The molecule has 7 heteroatoms. The smallest absolute Gasteiger partial charge is 0.181 e. The third-order valence-corrected chi connectivity index (χ3v) is 8.63. The summed E-state index contributed by atoms with van der Waals surface area (Å²) >= 11 is 0. The van der Waals surface area contributed by atoms with Gasteiger partial charge in [-0.1, -0.05) is 38.8 Å². The summed E-state index contributed by atoms with van der Waals surface area (Å²) in [4.78, 5) is 2.46. The van der Waals surface area contributed by atoms with Crippen LogP contribution in [0.3, 0.4) is 0 Å². The van der Waals surface area contributed by atoms with Crippen LogP contribution in [-0.2, 0) is 9.84 Å². The van der Waals surface area contributed by atoms with Gasteiger partial charge in [0, 0.05) is 25.7 Å². The summed E-state index contributed by atoms with van der Waals surface area (Å²) < 4.78 is 33.0. The maximum Gasteiger partial charge on any atom is 0.181 e. The van der Waals surface area contributed by atoms with E-state index < -0.39 is 15.5 Å². The van der Waals surface area contributed by atoms with Crippen molar-refractivity contribution in [2.24, 2.45) is 0 Å². The second-order valence-electron chi connectivity index (χ2n) is 9.55. The number of rotatable bonds is 11. The molecule has 0 aliphatic carbocycles. The van der Waals surface area contributed by atoms with Gasteiger partial charge in [0.05, 0.1) is 23.4 Å². The molecular formula is C27H41N3O3S. The van der Waals surface area contributed by atoms with E-state index in [1.54, 1.807) is 13.2 Å². The monoisotopic (exact) mass is 487 g/mol. The van der Waals surface area contributed by atoms with Gasteiger partial charge in [0.25, 0.3) is 0 Å². The van der Waals surface area contributed by atoms with Crippen molar-refractivity contribution >= 4 is 15.5 Å². The number of anilines is 1. The number of unbranched alkanes of at least 4 members (excludes halogenated alkanes) is 2. The van der Waals surface area contributed by atoms with Crippen molar-refractivity contribution in [3.8, 4) is 5.75 Å². The zero-order chi connectivity index (χ0) is 24.8. The van der Waals surface area contributed by atoms with Crippen LogP contribution in [0.25, 0.3) is 0 Å². The van der Waals surface area contributed by atoms with E-state index in [2.05, 4.69) is 42.7 Å². The van der Waals surface area contributed by atoms with Crippen LogP contribution in [0.15, 0.2) is 47.4 Å². The highest BCUT2D eigenvalue weighted by Gasteiger charge is 2.43. The molecule has 0 aromatic heterocycles. The second-order valence-corrected chi connectivity index (χ2v) is 11.5. The van der Waals surface area contributed by atoms with Crippen molar-refractivity contribution in [1.82, 2.24) is 10.6 Å². The van der Waals surface area contributed by atoms with Crippen LogP contribution in [-0.4, -0.2) is 54.1 Å². The minimum atomic E-state index is -3.52. The van der Waals surface area contributed by atoms with E-state index in [9.17, 15) is 8.42 Å². The zero-order valence-electron chi connectivity index (χ0n) is 21.4. The average Bonchev–Trinajstić information content (AvgIpc) is 2.91. The molecule has 0 bridgehead atoms. The fraction of sp³-hybridized carbons (Fsp3) is 0.556. The molecule has 34 heavy (non-hydrogen) atoms. The number of hydrogen-bond donors (Lipinski definition) is 2. The molecule has 2 aromatic rings. The van der Waals surface area contributed by atoms with Gasteiger partial charge in [-0.3, -0.25) is 10.6 Å². The molecule has 188 valence electrons. The lowest BCUT2D eigenvalue weighted by Crippen LogP contribution is -2.61. The van der Waals surface area contributed by atoms with Crippen LogP contribution in [0.5, 0.6) is 5.75 Å². The van der Waals surface area contributed by atoms with Crippen molar-refractivity contribution in [2.75, 3.05) is 44.9 Å². The molecule has 1 unspecified atom stereocenters. The Balaban J connectivity index is 2.17. The Kier molecular flexibility index (Phi) is 9.01. The third kappa shape index (κ3) is 6.12. The van der Waals surface area contributed by atoms with E-state index in [4.69, 9.17) is 4.74 Å². The highest BCUT2D eigenvalue weighted by molar-refractivity contribution is 7.91. The molecule has 1 aliphatic heterocycles. The molecule has 2 N–H and O–H groups in total. The number of methoxy groups -OCH3 is 1. The van der Waals surface area contributed by atoms with Gasteiger partial charge in [0.2, 0.25) is 0 Å². The zero-order valence-corrected chi connectivity index (χ0v) is 22.2. The molecule has 3 rings (SSSR count). The predicted octanol–water partition coefficient (Wildman–Crippen LogP) is 4.55. The maximum atomic E-state index is 13.8.